The molecule has 0 aliphatic carbocycles. The molecule has 0 spiro atoms. The molecule has 1 amide bonds. The molecule has 0 aliphatic rings. The predicted octanol–water partition coefficient (Wildman–Crippen LogP) is 0.0650. The number of amides is 1. The Morgan fingerprint density at radius 2 is 1.92 bits per heavy atom. The Labute approximate surface area is 78.9 Å². The molecule has 0 radical (unpaired) electrons. The summed E-state index contributed by atoms with van der Waals surface area (Å²) in [4.78, 5) is 22.0. The second-order valence-electron chi connectivity index (χ2n) is 3.40. The van der Waals surface area contributed by atoms with Crippen LogP contribution in [0.5, 0.6) is 0 Å². The third-order valence-corrected chi connectivity index (χ3v) is 1.94. The maximum absolute atomic E-state index is 11.5. The van der Waals surface area contributed by atoms with Crippen LogP contribution in [0.2, 0.25) is 0 Å². The maximum atomic E-state index is 11.5. The van der Waals surface area contributed by atoms with Gasteiger partial charge in [0.25, 0.3) is 0 Å². The fourth-order valence-corrected chi connectivity index (χ4v) is 1.12. The first-order valence-corrected chi connectivity index (χ1v) is 4.48. The molecule has 13 heavy (non-hydrogen) atoms. The molecular formula is C9H18N2O2. The van der Waals surface area contributed by atoms with Crippen molar-refractivity contribution in [1.82, 2.24) is 5.32 Å². The van der Waals surface area contributed by atoms with Gasteiger partial charge in [0.2, 0.25) is 5.91 Å². The molecule has 0 aromatic carbocycles. The van der Waals surface area contributed by atoms with Crippen LogP contribution in [-0.4, -0.2) is 24.8 Å². The lowest BCUT2D eigenvalue weighted by Gasteiger charge is -2.15. The Balaban J connectivity index is 4.02. The van der Waals surface area contributed by atoms with Crippen LogP contribution < -0.4 is 11.1 Å². The summed E-state index contributed by atoms with van der Waals surface area (Å²) < 4.78 is 0. The summed E-state index contributed by atoms with van der Waals surface area (Å²) in [5.41, 5.74) is 4.99. The van der Waals surface area contributed by atoms with Crippen LogP contribution in [0.3, 0.4) is 0 Å². The molecule has 4 nitrogen and oxygen atoms in total. The van der Waals surface area contributed by atoms with E-state index in [4.69, 9.17) is 5.73 Å². The van der Waals surface area contributed by atoms with E-state index < -0.39 is 0 Å². The van der Waals surface area contributed by atoms with Crippen LogP contribution in [0.1, 0.15) is 26.7 Å². The molecule has 0 aromatic rings. The number of hydrogen-bond acceptors (Lipinski definition) is 3. The Morgan fingerprint density at radius 1 is 1.38 bits per heavy atom. The van der Waals surface area contributed by atoms with E-state index in [0.29, 0.717) is 6.42 Å². The minimum atomic E-state index is -0.364. The van der Waals surface area contributed by atoms with E-state index in [2.05, 4.69) is 5.32 Å². The smallest absolute Gasteiger partial charge is 0.217 e. The van der Waals surface area contributed by atoms with Crippen LogP contribution in [0, 0.1) is 5.92 Å². The highest BCUT2D eigenvalue weighted by Crippen LogP contribution is 2.05. The zero-order valence-electron chi connectivity index (χ0n) is 8.46. The monoisotopic (exact) mass is 186 g/mol. The van der Waals surface area contributed by atoms with E-state index in [1.54, 1.807) is 7.05 Å². The molecule has 0 fully saturated rings. The molecule has 0 saturated heterocycles. The van der Waals surface area contributed by atoms with Gasteiger partial charge in [0.05, 0.1) is 6.04 Å². The van der Waals surface area contributed by atoms with Gasteiger partial charge < -0.3 is 11.1 Å². The average Bonchev–Trinajstić information content (AvgIpc) is 2.04. The van der Waals surface area contributed by atoms with Crippen molar-refractivity contribution in [2.45, 2.75) is 32.7 Å². The molecule has 1 atom stereocenters. The minimum absolute atomic E-state index is 0.00896. The molecule has 76 valence electrons. The van der Waals surface area contributed by atoms with Gasteiger partial charge in [0.15, 0.2) is 5.78 Å². The van der Waals surface area contributed by atoms with Crippen molar-refractivity contribution < 1.29 is 9.59 Å². The predicted molar refractivity (Wildman–Crippen MR) is 51.1 cm³/mol. The van der Waals surface area contributed by atoms with Crippen LogP contribution in [-0.2, 0) is 9.59 Å². The van der Waals surface area contributed by atoms with Crippen molar-refractivity contribution in [2.75, 3.05) is 7.05 Å². The van der Waals surface area contributed by atoms with Crippen molar-refractivity contribution >= 4 is 11.7 Å². The first kappa shape index (κ1) is 12.1. The van der Waals surface area contributed by atoms with E-state index >= 15 is 0 Å². The number of nitrogens with one attached hydrogen (secondary N) is 1. The average molecular weight is 186 g/mol. The first-order chi connectivity index (χ1) is 5.99. The van der Waals surface area contributed by atoms with Gasteiger partial charge in [-0.15, -0.1) is 0 Å². The third-order valence-electron chi connectivity index (χ3n) is 1.94. The number of ketones is 1. The van der Waals surface area contributed by atoms with Gasteiger partial charge in [-0.25, -0.2) is 0 Å². The van der Waals surface area contributed by atoms with Crippen molar-refractivity contribution in [3.8, 4) is 0 Å². The number of rotatable bonds is 6. The summed E-state index contributed by atoms with van der Waals surface area (Å²) in [7, 11) is 1.71. The number of likely N-dealkylation sites (N-methyl/N-ethyl adjacent to an activating group) is 1. The number of carbonyl (C=O) groups is 2. The number of Topliss-reactive ketones (excluding diaryl/α,β-unsaturated/α-hetero) is 1. The fourth-order valence-electron chi connectivity index (χ4n) is 1.12. The largest absolute Gasteiger partial charge is 0.370 e. The van der Waals surface area contributed by atoms with E-state index in [1.807, 2.05) is 13.8 Å². The summed E-state index contributed by atoms with van der Waals surface area (Å²) in [6.07, 6.45) is 0.743. The lowest BCUT2D eigenvalue weighted by Crippen LogP contribution is -2.37. The van der Waals surface area contributed by atoms with Crippen LogP contribution in [0.15, 0.2) is 0 Å². The highest BCUT2D eigenvalue weighted by Gasteiger charge is 2.19. The van der Waals surface area contributed by atoms with Crippen molar-refractivity contribution in [1.29, 1.82) is 0 Å². The highest BCUT2D eigenvalue weighted by molar-refractivity contribution is 5.86. The van der Waals surface area contributed by atoms with Gasteiger partial charge in [-0.2, -0.15) is 0 Å². The standard InChI is InChI=1S/C9H18N2O2/c1-6(2)9(13)7(11-3)4-5-8(10)12/h6-7,11H,4-5H2,1-3H3,(H2,10,12). The molecule has 4 heteroatoms. The summed E-state index contributed by atoms with van der Waals surface area (Å²) in [5, 5.41) is 2.88. The van der Waals surface area contributed by atoms with Crippen molar-refractivity contribution in [2.24, 2.45) is 11.7 Å². The van der Waals surface area contributed by atoms with E-state index in [-0.39, 0.29) is 30.1 Å². The molecule has 0 rings (SSSR count). The maximum Gasteiger partial charge on any atom is 0.217 e. The van der Waals surface area contributed by atoms with E-state index in [0.717, 1.165) is 0 Å². The Hall–Kier alpha value is -0.900. The second kappa shape index (κ2) is 5.70. The van der Waals surface area contributed by atoms with Gasteiger partial charge in [0, 0.05) is 12.3 Å². The van der Waals surface area contributed by atoms with Crippen molar-refractivity contribution in [3.05, 3.63) is 0 Å². The van der Waals surface area contributed by atoms with Crippen LogP contribution in [0.4, 0.5) is 0 Å². The SMILES string of the molecule is CNC(CCC(N)=O)C(=O)C(C)C. The second-order valence-corrected chi connectivity index (χ2v) is 3.40. The van der Waals surface area contributed by atoms with Gasteiger partial charge in [0.1, 0.15) is 0 Å². The fraction of sp³-hybridized carbons (Fsp3) is 0.778. The Morgan fingerprint density at radius 3 is 2.23 bits per heavy atom. The topological polar surface area (TPSA) is 72.2 Å². The molecule has 0 bridgehead atoms. The number of carbonyl (C=O) groups excluding carboxylic acids is 2. The molecule has 1 unspecified atom stereocenters. The molecule has 0 aliphatic heterocycles. The molecule has 0 heterocycles. The minimum Gasteiger partial charge on any atom is -0.370 e. The number of nitrogens with two attached hydrogens (primary N) is 1. The lowest BCUT2D eigenvalue weighted by molar-refractivity contribution is -0.124. The number of primary amides is 1. The van der Waals surface area contributed by atoms with Gasteiger partial charge in [-0.3, -0.25) is 9.59 Å². The Bertz CT molecular complexity index is 190. The zero-order valence-corrected chi connectivity index (χ0v) is 8.46. The molecular weight excluding hydrogens is 168 g/mol. The first-order valence-electron chi connectivity index (χ1n) is 4.48. The normalized spacial score (nSPS) is 12.9. The number of hydrogen-bond donors (Lipinski definition) is 2. The highest BCUT2D eigenvalue weighted by atomic mass is 16.1. The van der Waals surface area contributed by atoms with Gasteiger partial charge in [-0.05, 0) is 13.5 Å². The third kappa shape index (κ3) is 4.62. The zero-order chi connectivity index (χ0) is 10.4. The van der Waals surface area contributed by atoms with E-state index in [1.165, 1.54) is 0 Å². The Kier molecular flexibility index (Phi) is 5.30. The summed E-state index contributed by atoms with van der Waals surface area (Å²) in [6.45, 7) is 3.69. The summed E-state index contributed by atoms with van der Waals surface area (Å²) in [6, 6.07) is -0.243. The quantitative estimate of drug-likeness (QED) is 0.616. The summed E-state index contributed by atoms with van der Waals surface area (Å²) >= 11 is 0. The van der Waals surface area contributed by atoms with Crippen LogP contribution >= 0.6 is 0 Å². The van der Waals surface area contributed by atoms with Crippen LogP contribution in [0.25, 0.3) is 0 Å². The van der Waals surface area contributed by atoms with Gasteiger partial charge in [-0.1, -0.05) is 13.8 Å². The molecule has 3 N–H and O–H groups in total. The molecule has 0 aromatic heterocycles. The lowest BCUT2D eigenvalue weighted by atomic mass is 9.98. The molecule has 0 saturated carbocycles. The van der Waals surface area contributed by atoms with E-state index in [9.17, 15) is 9.59 Å². The summed E-state index contributed by atoms with van der Waals surface area (Å²) in [5.74, 6) is -0.245. The van der Waals surface area contributed by atoms with Gasteiger partial charge >= 0.3 is 0 Å². The van der Waals surface area contributed by atoms with Crippen molar-refractivity contribution in [3.63, 3.8) is 0 Å².